The summed E-state index contributed by atoms with van der Waals surface area (Å²) in [6, 6.07) is 13.3. The van der Waals surface area contributed by atoms with Crippen LogP contribution < -0.4 is 4.90 Å². The van der Waals surface area contributed by atoms with Crippen molar-refractivity contribution in [3.8, 4) is 0 Å². The second kappa shape index (κ2) is 8.28. The molecule has 0 radical (unpaired) electrons. The van der Waals surface area contributed by atoms with Crippen LogP contribution in [0.1, 0.15) is 47.2 Å². The van der Waals surface area contributed by atoms with Gasteiger partial charge in [-0.3, -0.25) is 4.79 Å². The minimum absolute atomic E-state index is 0.198. The summed E-state index contributed by atoms with van der Waals surface area (Å²) in [6.07, 6.45) is 4.21. The summed E-state index contributed by atoms with van der Waals surface area (Å²) in [6.45, 7) is 14.5. The number of aryl methyl sites for hydroxylation is 4. The highest BCUT2D eigenvalue weighted by atomic mass is 16.1. The number of ketones is 1. The molecule has 1 aliphatic rings. The van der Waals surface area contributed by atoms with Crippen molar-refractivity contribution in [3.05, 3.63) is 80.9 Å². The summed E-state index contributed by atoms with van der Waals surface area (Å²) in [7, 11) is 0. The first-order chi connectivity index (χ1) is 13.2. The zero-order chi connectivity index (χ0) is 20.4. The summed E-state index contributed by atoms with van der Waals surface area (Å²) in [5, 5.41) is 0. The van der Waals surface area contributed by atoms with Crippen LogP contribution in [0.2, 0.25) is 0 Å². The third kappa shape index (κ3) is 4.51. The lowest BCUT2D eigenvalue weighted by atomic mass is 9.91. The van der Waals surface area contributed by atoms with E-state index >= 15 is 0 Å². The number of quaternary nitrogens is 1. The van der Waals surface area contributed by atoms with Crippen LogP contribution in [0.5, 0.6) is 0 Å². The van der Waals surface area contributed by atoms with Gasteiger partial charge in [-0.25, -0.2) is 0 Å². The van der Waals surface area contributed by atoms with Gasteiger partial charge >= 0.3 is 0 Å². The lowest BCUT2D eigenvalue weighted by Crippen LogP contribution is -3.16. The van der Waals surface area contributed by atoms with E-state index in [1.54, 1.807) is 0 Å². The summed E-state index contributed by atoms with van der Waals surface area (Å²) < 4.78 is 0. The van der Waals surface area contributed by atoms with Crippen LogP contribution in [0.3, 0.4) is 0 Å². The summed E-state index contributed by atoms with van der Waals surface area (Å²) in [5.74, 6) is 0.198. The topological polar surface area (TPSA) is 21.5 Å². The zero-order valence-electron chi connectivity index (χ0n) is 18.0. The fourth-order valence-corrected chi connectivity index (χ4v) is 3.91. The molecule has 1 heterocycles. The number of hydrogen-bond acceptors (Lipinski definition) is 1. The van der Waals surface area contributed by atoms with Gasteiger partial charge in [-0.05, 0) is 75.9 Å². The second-order valence-corrected chi connectivity index (χ2v) is 8.55. The molecule has 0 amide bonds. The van der Waals surface area contributed by atoms with Gasteiger partial charge in [0.1, 0.15) is 13.1 Å². The molecule has 0 spiro atoms. The number of piperidine rings is 1. The predicted molar refractivity (Wildman–Crippen MR) is 119 cm³/mol. The molecule has 28 heavy (non-hydrogen) atoms. The summed E-state index contributed by atoms with van der Waals surface area (Å²) in [4.78, 5) is 14.7. The molecule has 0 bridgehead atoms. The molecule has 0 unspecified atom stereocenters. The number of carbonyl (C=O) groups excluding carboxylic acids is 1. The van der Waals surface area contributed by atoms with Gasteiger partial charge in [-0.15, -0.1) is 0 Å². The van der Waals surface area contributed by atoms with Gasteiger partial charge in [0.25, 0.3) is 0 Å². The van der Waals surface area contributed by atoms with Gasteiger partial charge in [0.2, 0.25) is 0 Å². The first kappa shape index (κ1) is 20.3. The molecule has 1 fully saturated rings. The van der Waals surface area contributed by atoms with Crippen LogP contribution in [0, 0.1) is 27.7 Å². The Morgan fingerprint density at radius 3 is 1.57 bits per heavy atom. The highest BCUT2D eigenvalue weighted by molar-refractivity contribution is 6.14. The van der Waals surface area contributed by atoms with E-state index in [0.717, 1.165) is 35.4 Å². The molecule has 0 aromatic heterocycles. The second-order valence-electron chi connectivity index (χ2n) is 8.55. The molecule has 3 rings (SSSR count). The van der Waals surface area contributed by atoms with E-state index < -0.39 is 0 Å². The van der Waals surface area contributed by atoms with Crippen molar-refractivity contribution in [3.63, 3.8) is 0 Å². The fourth-order valence-electron chi connectivity index (χ4n) is 3.91. The van der Waals surface area contributed by atoms with Crippen LogP contribution in [0.4, 0.5) is 0 Å². The SMILES string of the molecule is Cc1ccc(/C=C2\C[NH+](C(C)C)C/C(=C\c3ccc(C)cc3C)C2=O)c(C)c1. The molecule has 0 saturated carbocycles. The number of nitrogens with one attached hydrogen (secondary N) is 1. The monoisotopic (exact) mass is 374 g/mol. The molecule has 1 aliphatic heterocycles. The summed E-state index contributed by atoms with van der Waals surface area (Å²) in [5.41, 5.74) is 9.05. The molecule has 146 valence electrons. The number of carbonyl (C=O) groups is 1. The Labute approximate surface area is 169 Å². The Hall–Kier alpha value is -2.45. The van der Waals surface area contributed by atoms with E-state index in [1.165, 1.54) is 27.2 Å². The lowest BCUT2D eigenvalue weighted by Gasteiger charge is -2.30. The molecule has 0 aliphatic carbocycles. The highest BCUT2D eigenvalue weighted by Gasteiger charge is 2.31. The fraction of sp³-hybridized carbons (Fsp3) is 0.346. The van der Waals surface area contributed by atoms with Crippen molar-refractivity contribution in [2.75, 3.05) is 13.1 Å². The van der Waals surface area contributed by atoms with Gasteiger partial charge in [-0.2, -0.15) is 0 Å². The third-order valence-electron chi connectivity index (χ3n) is 5.74. The van der Waals surface area contributed by atoms with Gasteiger partial charge in [-0.1, -0.05) is 47.5 Å². The number of likely N-dealkylation sites (tertiary alicyclic amines) is 1. The standard InChI is InChI=1S/C26H31NO/c1-17(2)27-15-24(13-22-9-7-18(3)11-20(22)5)26(28)25(16-27)14-23-10-8-19(4)12-21(23)6/h7-14,17H,15-16H2,1-6H3/p+1/b24-13+,25-14+. The Kier molecular flexibility index (Phi) is 6.00. The molecule has 2 heteroatoms. The van der Waals surface area contributed by atoms with Crippen molar-refractivity contribution >= 4 is 17.9 Å². The average molecular weight is 375 g/mol. The minimum Gasteiger partial charge on any atom is -0.325 e. The van der Waals surface area contributed by atoms with Crippen molar-refractivity contribution in [2.24, 2.45) is 0 Å². The molecule has 1 N–H and O–H groups in total. The van der Waals surface area contributed by atoms with Crippen LogP contribution in [-0.2, 0) is 4.79 Å². The van der Waals surface area contributed by atoms with E-state index in [0.29, 0.717) is 6.04 Å². The maximum absolute atomic E-state index is 13.3. The highest BCUT2D eigenvalue weighted by Crippen LogP contribution is 2.20. The quantitative estimate of drug-likeness (QED) is 0.797. The third-order valence-corrected chi connectivity index (χ3v) is 5.74. The zero-order valence-corrected chi connectivity index (χ0v) is 18.0. The maximum atomic E-state index is 13.3. The van der Waals surface area contributed by atoms with Crippen LogP contribution >= 0.6 is 0 Å². The first-order valence-corrected chi connectivity index (χ1v) is 10.2. The molecular weight excluding hydrogens is 342 g/mol. The van der Waals surface area contributed by atoms with Crippen molar-refractivity contribution in [2.45, 2.75) is 47.6 Å². The van der Waals surface area contributed by atoms with E-state index in [4.69, 9.17) is 0 Å². The number of benzene rings is 2. The molecule has 2 aromatic carbocycles. The van der Waals surface area contributed by atoms with Crippen LogP contribution in [-0.4, -0.2) is 24.9 Å². The smallest absolute Gasteiger partial charge is 0.196 e. The Morgan fingerprint density at radius 1 is 0.786 bits per heavy atom. The molecular formula is C26H32NO+. The average Bonchev–Trinajstić information content (AvgIpc) is 2.62. The number of hydrogen-bond donors (Lipinski definition) is 1. The molecule has 2 nitrogen and oxygen atoms in total. The molecule has 2 aromatic rings. The molecule has 0 atom stereocenters. The van der Waals surface area contributed by atoms with Gasteiger partial charge in [0.15, 0.2) is 5.78 Å². The largest absolute Gasteiger partial charge is 0.325 e. The van der Waals surface area contributed by atoms with Gasteiger partial charge in [0, 0.05) is 0 Å². The summed E-state index contributed by atoms with van der Waals surface area (Å²) >= 11 is 0. The lowest BCUT2D eigenvalue weighted by molar-refractivity contribution is -0.912. The van der Waals surface area contributed by atoms with Gasteiger partial charge in [0.05, 0.1) is 17.2 Å². The maximum Gasteiger partial charge on any atom is 0.196 e. The van der Waals surface area contributed by atoms with E-state index in [-0.39, 0.29) is 5.78 Å². The predicted octanol–water partition coefficient (Wildman–Crippen LogP) is 4.26. The first-order valence-electron chi connectivity index (χ1n) is 10.2. The number of Topliss-reactive ketones (excluding diaryl/α,β-unsaturated/α-hetero) is 1. The minimum atomic E-state index is 0.198. The molecule has 1 saturated heterocycles. The van der Waals surface area contributed by atoms with E-state index in [2.05, 4.69) is 90.1 Å². The van der Waals surface area contributed by atoms with E-state index in [9.17, 15) is 4.79 Å². The number of rotatable bonds is 3. The van der Waals surface area contributed by atoms with Gasteiger partial charge < -0.3 is 4.90 Å². The van der Waals surface area contributed by atoms with Crippen molar-refractivity contribution in [1.29, 1.82) is 0 Å². The van der Waals surface area contributed by atoms with Crippen LogP contribution in [0.25, 0.3) is 12.2 Å². The van der Waals surface area contributed by atoms with Crippen LogP contribution in [0.15, 0.2) is 47.5 Å². The van der Waals surface area contributed by atoms with Crippen molar-refractivity contribution in [1.82, 2.24) is 0 Å². The van der Waals surface area contributed by atoms with Crippen molar-refractivity contribution < 1.29 is 9.69 Å². The van der Waals surface area contributed by atoms with E-state index in [1.807, 2.05) is 0 Å². The Morgan fingerprint density at radius 2 is 1.21 bits per heavy atom. The Bertz CT molecular complexity index is 889. The normalized spacial score (nSPS) is 20.4. The Balaban J connectivity index is 2.03.